The van der Waals surface area contributed by atoms with Crippen LogP contribution in [0.25, 0.3) is 0 Å². The van der Waals surface area contributed by atoms with Gasteiger partial charge < -0.3 is 15.0 Å². The number of aromatic nitrogens is 1. The van der Waals surface area contributed by atoms with Gasteiger partial charge in [-0.05, 0) is 56.7 Å². The molecule has 0 saturated carbocycles. The zero-order chi connectivity index (χ0) is 21.5. The molecule has 0 unspecified atom stereocenters. The van der Waals surface area contributed by atoms with E-state index in [4.69, 9.17) is 16.3 Å². The van der Waals surface area contributed by atoms with Gasteiger partial charge in [0.2, 0.25) is 11.8 Å². The van der Waals surface area contributed by atoms with Crippen molar-refractivity contribution in [3.63, 3.8) is 0 Å². The molecule has 0 aliphatic carbocycles. The molecule has 1 aromatic heterocycles. The Morgan fingerprint density at radius 1 is 1.37 bits per heavy atom. The second kappa shape index (κ2) is 10.8. The number of carbonyl (C=O) groups excluding carboxylic acids is 2. The molecule has 1 saturated heterocycles. The molecular formula is C22H28ClN3O3S. The molecule has 162 valence electrons. The number of methoxy groups -OCH3 is 1. The summed E-state index contributed by atoms with van der Waals surface area (Å²) in [5.74, 6) is 1.05. The van der Waals surface area contributed by atoms with Crippen LogP contribution in [-0.2, 0) is 16.0 Å². The molecule has 0 spiro atoms. The number of piperidine rings is 1. The summed E-state index contributed by atoms with van der Waals surface area (Å²) < 4.78 is 5.27. The molecule has 30 heavy (non-hydrogen) atoms. The predicted octanol–water partition coefficient (Wildman–Crippen LogP) is 4.70. The highest BCUT2D eigenvalue weighted by Crippen LogP contribution is 2.28. The zero-order valence-corrected chi connectivity index (χ0v) is 19.0. The Labute approximate surface area is 186 Å². The first kappa shape index (κ1) is 22.6. The molecule has 2 amide bonds. The second-order valence-electron chi connectivity index (χ2n) is 7.64. The summed E-state index contributed by atoms with van der Waals surface area (Å²) in [6.45, 7) is 3.52. The van der Waals surface area contributed by atoms with Crippen molar-refractivity contribution >= 4 is 40.4 Å². The average Bonchev–Trinajstić information content (AvgIpc) is 3.15. The van der Waals surface area contributed by atoms with E-state index in [1.54, 1.807) is 36.6 Å². The van der Waals surface area contributed by atoms with Crippen LogP contribution in [0, 0.1) is 12.8 Å². The number of thiazole rings is 1. The van der Waals surface area contributed by atoms with Gasteiger partial charge in [-0.3, -0.25) is 9.59 Å². The first-order valence-corrected chi connectivity index (χ1v) is 11.5. The van der Waals surface area contributed by atoms with E-state index < -0.39 is 0 Å². The van der Waals surface area contributed by atoms with Crippen LogP contribution in [0.2, 0.25) is 5.02 Å². The predicted molar refractivity (Wildman–Crippen MR) is 120 cm³/mol. The normalized spacial score (nSPS) is 16.4. The van der Waals surface area contributed by atoms with E-state index in [9.17, 15) is 9.59 Å². The minimum absolute atomic E-state index is 0.0697. The van der Waals surface area contributed by atoms with E-state index in [2.05, 4.69) is 10.3 Å². The molecule has 1 aliphatic rings. The fraction of sp³-hybridized carbons (Fsp3) is 0.500. The molecule has 1 atom stereocenters. The summed E-state index contributed by atoms with van der Waals surface area (Å²) in [5.41, 5.74) is 3.43. The SMILES string of the molecule is COc1ccc(Cl)cc1NC(=O)CC[C@@H]1CCCN(C(=O)CCc2scnc2C)C1. The van der Waals surface area contributed by atoms with Crippen molar-refractivity contribution in [1.29, 1.82) is 0 Å². The number of hydrogen-bond acceptors (Lipinski definition) is 5. The highest BCUT2D eigenvalue weighted by molar-refractivity contribution is 7.09. The Morgan fingerprint density at radius 3 is 2.93 bits per heavy atom. The lowest BCUT2D eigenvalue weighted by atomic mass is 9.93. The molecular weight excluding hydrogens is 422 g/mol. The van der Waals surface area contributed by atoms with Gasteiger partial charge in [0.15, 0.2) is 0 Å². The highest BCUT2D eigenvalue weighted by atomic mass is 35.5. The van der Waals surface area contributed by atoms with Gasteiger partial charge in [-0.1, -0.05) is 11.6 Å². The fourth-order valence-electron chi connectivity index (χ4n) is 3.80. The monoisotopic (exact) mass is 449 g/mol. The number of likely N-dealkylation sites (tertiary alicyclic amines) is 1. The van der Waals surface area contributed by atoms with Crippen LogP contribution in [0.4, 0.5) is 5.69 Å². The molecule has 0 bridgehead atoms. The third kappa shape index (κ3) is 6.19. The lowest BCUT2D eigenvalue weighted by molar-refractivity contribution is -0.133. The van der Waals surface area contributed by atoms with Crippen LogP contribution in [0.15, 0.2) is 23.7 Å². The second-order valence-corrected chi connectivity index (χ2v) is 9.02. The standard InChI is InChI=1S/C22H28ClN3O3S/c1-15-20(30-14-24-15)8-10-22(28)26-11-3-4-16(13-26)5-9-21(27)25-18-12-17(23)6-7-19(18)29-2/h6-7,12,14,16H,3-5,8-11,13H2,1-2H3,(H,25,27)/t16-/m0/s1. The van der Waals surface area contributed by atoms with Gasteiger partial charge in [0.05, 0.1) is 24.0 Å². The molecule has 0 radical (unpaired) electrons. The topological polar surface area (TPSA) is 71.5 Å². The van der Waals surface area contributed by atoms with Crippen LogP contribution >= 0.6 is 22.9 Å². The molecule has 2 aromatic rings. The first-order valence-electron chi connectivity index (χ1n) is 10.3. The van der Waals surface area contributed by atoms with Gasteiger partial charge in [0.1, 0.15) is 5.75 Å². The minimum Gasteiger partial charge on any atom is -0.495 e. The number of anilines is 1. The summed E-state index contributed by atoms with van der Waals surface area (Å²) in [4.78, 5) is 32.4. The summed E-state index contributed by atoms with van der Waals surface area (Å²) >= 11 is 7.63. The van der Waals surface area contributed by atoms with E-state index in [0.717, 1.165) is 44.5 Å². The van der Waals surface area contributed by atoms with Gasteiger partial charge in [-0.25, -0.2) is 4.98 Å². The van der Waals surface area contributed by atoms with Crippen molar-refractivity contribution in [3.05, 3.63) is 39.3 Å². The van der Waals surface area contributed by atoms with Crippen LogP contribution < -0.4 is 10.1 Å². The van der Waals surface area contributed by atoms with Crippen molar-refractivity contribution in [2.24, 2.45) is 5.92 Å². The molecule has 3 rings (SSSR count). The molecule has 8 heteroatoms. The largest absolute Gasteiger partial charge is 0.495 e. The van der Waals surface area contributed by atoms with Crippen molar-refractivity contribution in [3.8, 4) is 5.75 Å². The minimum atomic E-state index is -0.0697. The Morgan fingerprint density at radius 2 is 2.20 bits per heavy atom. The highest BCUT2D eigenvalue weighted by Gasteiger charge is 2.24. The fourth-order valence-corrected chi connectivity index (χ4v) is 4.75. The smallest absolute Gasteiger partial charge is 0.224 e. The van der Waals surface area contributed by atoms with Crippen molar-refractivity contribution in [1.82, 2.24) is 9.88 Å². The number of ether oxygens (including phenoxy) is 1. The number of carbonyl (C=O) groups is 2. The molecule has 6 nitrogen and oxygen atoms in total. The molecule has 2 heterocycles. The van der Waals surface area contributed by atoms with E-state index >= 15 is 0 Å². The lowest BCUT2D eigenvalue weighted by Crippen LogP contribution is -2.40. The van der Waals surface area contributed by atoms with Crippen LogP contribution in [0.3, 0.4) is 0 Å². The zero-order valence-electron chi connectivity index (χ0n) is 17.4. The van der Waals surface area contributed by atoms with Crippen molar-refractivity contribution in [2.75, 3.05) is 25.5 Å². The van der Waals surface area contributed by atoms with Gasteiger partial charge in [0, 0.05) is 35.8 Å². The van der Waals surface area contributed by atoms with Crippen LogP contribution in [0.1, 0.15) is 42.7 Å². The number of aryl methyl sites for hydroxylation is 2. The number of amides is 2. The van der Waals surface area contributed by atoms with Gasteiger partial charge in [0.25, 0.3) is 0 Å². The summed E-state index contributed by atoms with van der Waals surface area (Å²) in [5, 5.41) is 3.43. The Hall–Kier alpha value is -2.12. The number of nitrogens with zero attached hydrogens (tertiary/aromatic N) is 2. The maximum Gasteiger partial charge on any atom is 0.224 e. The van der Waals surface area contributed by atoms with Crippen LogP contribution in [-0.4, -0.2) is 41.9 Å². The number of nitrogens with one attached hydrogen (secondary N) is 1. The van der Waals surface area contributed by atoms with E-state index in [1.165, 1.54) is 4.88 Å². The number of halogens is 1. The van der Waals surface area contributed by atoms with Gasteiger partial charge in [-0.15, -0.1) is 11.3 Å². The maximum atomic E-state index is 12.6. The summed E-state index contributed by atoms with van der Waals surface area (Å²) in [6.07, 6.45) is 4.46. The Balaban J connectivity index is 1.45. The molecule has 1 aliphatic heterocycles. The third-order valence-corrected chi connectivity index (χ3v) is 6.73. The maximum absolute atomic E-state index is 12.6. The summed E-state index contributed by atoms with van der Waals surface area (Å²) in [7, 11) is 1.56. The number of benzene rings is 1. The lowest BCUT2D eigenvalue weighted by Gasteiger charge is -2.33. The Bertz CT molecular complexity index is 886. The third-order valence-electron chi connectivity index (χ3n) is 5.50. The number of rotatable bonds is 8. The Kier molecular flexibility index (Phi) is 8.10. The average molecular weight is 450 g/mol. The summed E-state index contributed by atoms with van der Waals surface area (Å²) in [6, 6.07) is 5.14. The van der Waals surface area contributed by atoms with Crippen LogP contribution in [0.5, 0.6) is 5.75 Å². The van der Waals surface area contributed by atoms with Crippen molar-refractivity contribution in [2.45, 2.75) is 45.4 Å². The number of hydrogen-bond donors (Lipinski definition) is 1. The van der Waals surface area contributed by atoms with Crippen molar-refractivity contribution < 1.29 is 14.3 Å². The molecule has 1 aromatic carbocycles. The first-order chi connectivity index (χ1) is 14.5. The van der Waals surface area contributed by atoms with E-state index in [1.807, 2.05) is 17.3 Å². The van der Waals surface area contributed by atoms with E-state index in [-0.39, 0.29) is 11.8 Å². The van der Waals surface area contributed by atoms with Gasteiger partial charge in [-0.2, -0.15) is 0 Å². The molecule has 1 fully saturated rings. The quantitative estimate of drug-likeness (QED) is 0.633. The van der Waals surface area contributed by atoms with E-state index in [0.29, 0.717) is 35.2 Å². The van der Waals surface area contributed by atoms with Gasteiger partial charge >= 0.3 is 0 Å². The molecule has 1 N–H and O–H groups in total.